The molecule has 1 aromatic heterocycles. The van der Waals surface area contributed by atoms with Crippen molar-refractivity contribution in [3.8, 4) is 11.3 Å². The maximum Gasteiger partial charge on any atom is 0.320 e. The summed E-state index contributed by atoms with van der Waals surface area (Å²) in [4.78, 5) is 10.9. The van der Waals surface area contributed by atoms with Crippen molar-refractivity contribution in [2.24, 2.45) is 0 Å². The molecule has 0 aliphatic carbocycles. The van der Waals surface area contributed by atoms with Crippen LogP contribution in [-0.2, 0) is 4.79 Å². The Balaban J connectivity index is 1.82. The van der Waals surface area contributed by atoms with Crippen molar-refractivity contribution in [3.05, 3.63) is 34.4 Å². The van der Waals surface area contributed by atoms with E-state index < -0.39 is 12.0 Å². The molecule has 1 aromatic carbocycles. The summed E-state index contributed by atoms with van der Waals surface area (Å²) in [5, 5.41) is 21.2. The van der Waals surface area contributed by atoms with Crippen molar-refractivity contribution in [3.63, 3.8) is 0 Å². The summed E-state index contributed by atoms with van der Waals surface area (Å²) in [6.45, 7) is 0.550. The van der Waals surface area contributed by atoms with Crippen LogP contribution in [0.4, 0.5) is 0 Å². The molecule has 2 atom stereocenters. The lowest BCUT2D eigenvalue weighted by molar-refractivity contribution is -0.139. The van der Waals surface area contributed by atoms with Gasteiger partial charge in [0.15, 0.2) is 0 Å². The number of hydrogen-bond donors (Lipinski definition) is 2. The van der Waals surface area contributed by atoms with E-state index in [1.54, 1.807) is 29.1 Å². The molecule has 0 unspecified atom stereocenters. The molecule has 0 radical (unpaired) electrons. The van der Waals surface area contributed by atoms with E-state index >= 15 is 0 Å². The molecular formula is C13H12Cl2N4O2. The van der Waals surface area contributed by atoms with Gasteiger partial charge in [-0.2, -0.15) is 0 Å². The van der Waals surface area contributed by atoms with Crippen LogP contribution in [0.5, 0.6) is 0 Å². The molecule has 1 fully saturated rings. The summed E-state index contributed by atoms with van der Waals surface area (Å²) in [6.07, 6.45) is 2.25. The molecule has 1 aliphatic heterocycles. The van der Waals surface area contributed by atoms with Crippen LogP contribution in [0.15, 0.2) is 24.4 Å². The molecular weight excluding hydrogens is 315 g/mol. The average Bonchev–Trinajstić information content (AvgIpc) is 3.07. The van der Waals surface area contributed by atoms with Crippen molar-refractivity contribution in [2.45, 2.75) is 18.5 Å². The molecule has 2 heterocycles. The van der Waals surface area contributed by atoms with Crippen molar-refractivity contribution >= 4 is 29.2 Å². The lowest BCUT2D eigenvalue weighted by Gasteiger charge is -2.07. The minimum absolute atomic E-state index is 0.0292. The zero-order chi connectivity index (χ0) is 15.0. The molecule has 0 saturated carbocycles. The Kier molecular flexibility index (Phi) is 3.84. The predicted molar refractivity (Wildman–Crippen MR) is 78.6 cm³/mol. The summed E-state index contributed by atoms with van der Waals surface area (Å²) in [6, 6.07) is 4.60. The van der Waals surface area contributed by atoms with E-state index in [1.165, 1.54) is 0 Å². The topological polar surface area (TPSA) is 80.0 Å². The van der Waals surface area contributed by atoms with Gasteiger partial charge in [-0.1, -0.05) is 28.4 Å². The Hall–Kier alpha value is -1.63. The highest BCUT2D eigenvalue weighted by molar-refractivity contribution is 6.36. The minimum Gasteiger partial charge on any atom is -0.480 e. The third-order valence-electron chi connectivity index (χ3n) is 3.50. The first-order chi connectivity index (χ1) is 10.0. The summed E-state index contributed by atoms with van der Waals surface area (Å²) >= 11 is 12.0. The highest BCUT2D eigenvalue weighted by atomic mass is 35.5. The lowest BCUT2D eigenvalue weighted by atomic mass is 10.1. The SMILES string of the molecule is O=C(O)[C@@H]1C[C@H](n2cc(-c3ccc(Cl)cc3Cl)nn2)CN1. The number of rotatable bonds is 3. The summed E-state index contributed by atoms with van der Waals surface area (Å²) in [5.41, 5.74) is 1.38. The van der Waals surface area contributed by atoms with Crippen LogP contribution in [-0.4, -0.2) is 38.7 Å². The smallest absolute Gasteiger partial charge is 0.320 e. The van der Waals surface area contributed by atoms with E-state index in [1.807, 2.05) is 0 Å². The minimum atomic E-state index is -0.849. The van der Waals surface area contributed by atoms with Gasteiger partial charge in [0.1, 0.15) is 11.7 Å². The van der Waals surface area contributed by atoms with Gasteiger partial charge < -0.3 is 10.4 Å². The number of halogens is 2. The molecule has 21 heavy (non-hydrogen) atoms. The van der Waals surface area contributed by atoms with E-state index in [2.05, 4.69) is 15.6 Å². The zero-order valence-corrected chi connectivity index (χ0v) is 12.3. The third kappa shape index (κ3) is 2.88. The molecule has 2 N–H and O–H groups in total. The van der Waals surface area contributed by atoms with Crippen molar-refractivity contribution in [1.29, 1.82) is 0 Å². The monoisotopic (exact) mass is 326 g/mol. The van der Waals surface area contributed by atoms with Crippen LogP contribution >= 0.6 is 23.2 Å². The maximum absolute atomic E-state index is 10.9. The highest BCUT2D eigenvalue weighted by Crippen LogP contribution is 2.29. The van der Waals surface area contributed by atoms with Crippen molar-refractivity contribution < 1.29 is 9.90 Å². The third-order valence-corrected chi connectivity index (χ3v) is 4.05. The number of carboxylic acids is 1. The Morgan fingerprint density at radius 1 is 1.43 bits per heavy atom. The number of aliphatic carboxylic acids is 1. The standard InChI is InChI=1S/C13H12Cl2N4O2/c14-7-1-2-9(10(15)3-7)12-6-19(18-17-12)8-4-11(13(20)21)16-5-8/h1-3,6,8,11,16H,4-5H2,(H,20,21)/t8-,11-/m0/s1. The second-order valence-electron chi connectivity index (χ2n) is 4.90. The van der Waals surface area contributed by atoms with Crippen LogP contribution in [0, 0.1) is 0 Å². The molecule has 1 saturated heterocycles. The Labute approximate surface area is 130 Å². The summed E-state index contributed by atoms with van der Waals surface area (Å²) in [7, 11) is 0. The fraction of sp³-hybridized carbons (Fsp3) is 0.308. The number of carboxylic acid groups (broad SMARTS) is 1. The normalized spacial score (nSPS) is 21.6. The molecule has 0 spiro atoms. The molecule has 6 nitrogen and oxygen atoms in total. The van der Waals surface area contributed by atoms with E-state index in [9.17, 15) is 4.79 Å². The first kappa shape index (κ1) is 14.3. The van der Waals surface area contributed by atoms with E-state index in [0.717, 1.165) is 5.56 Å². The maximum atomic E-state index is 10.9. The molecule has 0 amide bonds. The van der Waals surface area contributed by atoms with Gasteiger partial charge >= 0.3 is 5.97 Å². The van der Waals surface area contributed by atoms with E-state index in [0.29, 0.717) is 28.7 Å². The fourth-order valence-corrected chi connectivity index (χ4v) is 2.89. The largest absolute Gasteiger partial charge is 0.480 e. The van der Waals surface area contributed by atoms with Crippen LogP contribution in [0.25, 0.3) is 11.3 Å². The van der Waals surface area contributed by atoms with Gasteiger partial charge in [0.25, 0.3) is 0 Å². The molecule has 1 aliphatic rings. The van der Waals surface area contributed by atoms with Crippen LogP contribution in [0.1, 0.15) is 12.5 Å². The number of hydrogen-bond acceptors (Lipinski definition) is 4. The number of nitrogens with one attached hydrogen (secondary N) is 1. The predicted octanol–water partition coefficient (Wildman–Crippen LogP) is 2.24. The molecule has 0 bridgehead atoms. The fourth-order valence-electron chi connectivity index (χ4n) is 2.38. The quantitative estimate of drug-likeness (QED) is 0.904. The van der Waals surface area contributed by atoms with Gasteiger partial charge in [-0.3, -0.25) is 4.79 Å². The number of carbonyl (C=O) groups is 1. The van der Waals surface area contributed by atoms with Gasteiger partial charge in [-0.15, -0.1) is 5.10 Å². The summed E-state index contributed by atoms with van der Waals surface area (Å²) < 4.78 is 1.68. The Morgan fingerprint density at radius 2 is 2.24 bits per heavy atom. The second kappa shape index (κ2) is 5.63. The van der Waals surface area contributed by atoms with Crippen LogP contribution in [0.3, 0.4) is 0 Å². The lowest BCUT2D eigenvalue weighted by Crippen LogP contribution is -2.29. The van der Waals surface area contributed by atoms with Gasteiger partial charge in [0.2, 0.25) is 0 Å². The van der Waals surface area contributed by atoms with Gasteiger partial charge in [-0.25, -0.2) is 4.68 Å². The molecule has 8 heteroatoms. The Morgan fingerprint density at radius 3 is 2.90 bits per heavy atom. The second-order valence-corrected chi connectivity index (χ2v) is 5.74. The van der Waals surface area contributed by atoms with Gasteiger partial charge in [-0.05, 0) is 24.6 Å². The van der Waals surface area contributed by atoms with Crippen molar-refractivity contribution in [2.75, 3.05) is 6.54 Å². The zero-order valence-electron chi connectivity index (χ0n) is 10.8. The number of aromatic nitrogens is 3. The summed E-state index contributed by atoms with van der Waals surface area (Å²) in [5.74, 6) is -0.849. The van der Waals surface area contributed by atoms with Crippen LogP contribution < -0.4 is 5.32 Å². The van der Waals surface area contributed by atoms with Crippen LogP contribution in [0.2, 0.25) is 10.0 Å². The first-order valence-corrected chi connectivity index (χ1v) is 7.13. The van der Waals surface area contributed by atoms with Gasteiger partial charge in [0.05, 0.1) is 17.3 Å². The van der Waals surface area contributed by atoms with E-state index in [-0.39, 0.29) is 6.04 Å². The van der Waals surface area contributed by atoms with E-state index in [4.69, 9.17) is 28.3 Å². The molecule has 110 valence electrons. The first-order valence-electron chi connectivity index (χ1n) is 6.38. The van der Waals surface area contributed by atoms with Gasteiger partial charge in [0, 0.05) is 17.1 Å². The molecule has 2 aromatic rings. The number of benzene rings is 1. The molecule has 3 rings (SSSR count). The Bertz CT molecular complexity index is 689. The highest BCUT2D eigenvalue weighted by Gasteiger charge is 2.31. The average molecular weight is 327 g/mol. The number of nitrogens with zero attached hydrogens (tertiary/aromatic N) is 3. The van der Waals surface area contributed by atoms with Crippen molar-refractivity contribution in [1.82, 2.24) is 20.3 Å².